The third-order valence-corrected chi connectivity index (χ3v) is 4.09. The highest BCUT2D eigenvalue weighted by Crippen LogP contribution is 2.33. The highest BCUT2D eigenvalue weighted by Gasteiger charge is 2.14. The molecule has 1 amide bonds. The van der Waals surface area contributed by atoms with Gasteiger partial charge in [0.25, 0.3) is 5.91 Å². The fourth-order valence-electron chi connectivity index (χ4n) is 2.35. The largest absolute Gasteiger partial charge is 0.494 e. The van der Waals surface area contributed by atoms with Crippen molar-refractivity contribution in [1.29, 1.82) is 0 Å². The minimum Gasteiger partial charge on any atom is -0.494 e. The second kappa shape index (κ2) is 7.77. The Balaban J connectivity index is 2.06. The summed E-state index contributed by atoms with van der Waals surface area (Å²) in [6.07, 6.45) is 1.37. The van der Waals surface area contributed by atoms with Crippen LogP contribution >= 0.6 is 23.2 Å². The summed E-state index contributed by atoms with van der Waals surface area (Å²) in [4.78, 5) is 20.3. The van der Waals surface area contributed by atoms with E-state index in [0.29, 0.717) is 33.8 Å². The van der Waals surface area contributed by atoms with Gasteiger partial charge in [-0.2, -0.15) is 0 Å². The predicted molar refractivity (Wildman–Crippen MR) is 104 cm³/mol. The molecular formula is C18H13Cl2FN4O2. The summed E-state index contributed by atoms with van der Waals surface area (Å²) >= 11 is 11.4. The van der Waals surface area contributed by atoms with Gasteiger partial charge in [0.2, 0.25) is 0 Å². The average molecular weight is 407 g/mol. The molecule has 0 aliphatic carbocycles. The first-order valence-corrected chi connectivity index (χ1v) is 8.35. The zero-order valence-electron chi connectivity index (χ0n) is 14.0. The van der Waals surface area contributed by atoms with E-state index in [1.54, 1.807) is 12.1 Å². The summed E-state index contributed by atoms with van der Waals surface area (Å²) < 4.78 is 18.6. The van der Waals surface area contributed by atoms with E-state index in [1.165, 1.54) is 31.6 Å². The molecule has 3 rings (SSSR count). The lowest BCUT2D eigenvalue weighted by Gasteiger charge is -2.13. The number of anilines is 3. The number of amides is 1. The molecule has 1 aromatic heterocycles. The topological polar surface area (TPSA) is 76.1 Å². The van der Waals surface area contributed by atoms with Crippen molar-refractivity contribution in [2.75, 3.05) is 17.7 Å². The van der Waals surface area contributed by atoms with Gasteiger partial charge in [0, 0.05) is 17.1 Å². The number of methoxy groups -OCH3 is 1. The zero-order chi connectivity index (χ0) is 19.6. The van der Waals surface area contributed by atoms with Crippen molar-refractivity contribution in [2.24, 2.45) is 0 Å². The molecule has 0 saturated carbocycles. The van der Waals surface area contributed by atoms with Gasteiger partial charge in [-0.3, -0.25) is 4.79 Å². The van der Waals surface area contributed by atoms with Crippen molar-refractivity contribution >= 4 is 57.2 Å². The van der Waals surface area contributed by atoms with E-state index in [1.807, 2.05) is 0 Å². The van der Waals surface area contributed by atoms with Gasteiger partial charge in [-0.25, -0.2) is 14.4 Å². The van der Waals surface area contributed by atoms with E-state index in [2.05, 4.69) is 27.2 Å². The van der Waals surface area contributed by atoms with Crippen LogP contribution in [0.4, 0.5) is 21.6 Å². The molecule has 0 unspecified atom stereocenters. The first-order chi connectivity index (χ1) is 12.9. The fraction of sp³-hybridized carbons (Fsp3) is 0.0556. The van der Waals surface area contributed by atoms with Gasteiger partial charge in [0.05, 0.1) is 28.4 Å². The van der Waals surface area contributed by atoms with Gasteiger partial charge in [-0.05, 0) is 24.3 Å². The van der Waals surface area contributed by atoms with Crippen LogP contribution in [0, 0.1) is 5.82 Å². The Morgan fingerprint density at radius 3 is 2.70 bits per heavy atom. The number of nitrogens with one attached hydrogen (secondary N) is 2. The van der Waals surface area contributed by atoms with Crippen LogP contribution in [0.25, 0.3) is 10.9 Å². The maximum absolute atomic E-state index is 13.4. The summed E-state index contributed by atoms with van der Waals surface area (Å²) in [7, 11) is 1.47. The van der Waals surface area contributed by atoms with E-state index in [0.717, 1.165) is 0 Å². The van der Waals surface area contributed by atoms with Gasteiger partial charge in [-0.1, -0.05) is 29.8 Å². The molecule has 0 bridgehead atoms. The van der Waals surface area contributed by atoms with Crippen molar-refractivity contribution in [2.45, 2.75) is 0 Å². The molecule has 0 aliphatic heterocycles. The summed E-state index contributed by atoms with van der Waals surface area (Å²) in [6, 6.07) is 7.49. The summed E-state index contributed by atoms with van der Waals surface area (Å²) in [5.74, 6) is -0.259. The number of fused-ring (bicyclic) bond motifs is 1. The first-order valence-electron chi connectivity index (χ1n) is 7.59. The molecular weight excluding hydrogens is 394 g/mol. The second-order valence-electron chi connectivity index (χ2n) is 5.40. The Hall–Kier alpha value is -2.90. The third-order valence-electron chi connectivity index (χ3n) is 3.63. The van der Waals surface area contributed by atoms with E-state index in [4.69, 9.17) is 27.9 Å². The van der Waals surface area contributed by atoms with E-state index < -0.39 is 11.7 Å². The van der Waals surface area contributed by atoms with Crippen LogP contribution in [0.2, 0.25) is 5.02 Å². The zero-order valence-corrected chi connectivity index (χ0v) is 15.5. The molecule has 3 aromatic rings. The van der Waals surface area contributed by atoms with Crippen molar-refractivity contribution in [1.82, 2.24) is 9.97 Å². The molecule has 0 atom stereocenters. The van der Waals surface area contributed by atoms with Crippen LogP contribution in [0.15, 0.2) is 48.3 Å². The lowest BCUT2D eigenvalue weighted by Crippen LogP contribution is -2.12. The van der Waals surface area contributed by atoms with E-state index >= 15 is 0 Å². The summed E-state index contributed by atoms with van der Waals surface area (Å²) in [5.41, 5.74) is 1.48. The third kappa shape index (κ3) is 4.10. The Morgan fingerprint density at radius 2 is 2.04 bits per heavy atom. The number of aromatic nitrogens is 2. The molecule has 0 saturated heterocycles. The molecule has 0 radical (unpaired) electrons. The molecule has 0 fully saturated rings. The number of benzene rings is 2. The van der Waals surface area contributed by atoms with Crippen LogP contribution in [0.5, 0.6) is 5.75 Å². The highest BCUT2D eigenvalue weighted by molar-refractivity contribution is 6.43. The van der Waals surface area contributed by atoms with Crippen LogP contribution in [-0.4, -0.2) is 23.0 Å². The smallest absolute Gasteiger partial charge is 0.266 e. The highest BCUT2D eigenvalue weighted by atomic mass is 35.5. The van der Waals surface area contributed by atoms with Crippen molar-refractivity contribution in [3.05, 3.63) is 59.1 Å². The number of halogens is 3. The number of hydrogen-bond acceptors (Lipinski definition) is 5. The van der Waals surface area contributed by atoms with Gasteiger partial charge in [-0.15, -0.1) is 0 Å². The number of carbonyl (C=O) groups excluding carboxylic acids is 1. The molecule has 2 aromatic carbocycles. The Bertz CT molecular complexity index is 1060. The molecule has 9 heteroatoms. The number of carbonyl (C=O) groups is 1. The van der Waals surface area contributed by atoms with E-state index in [9.17, 15) is 9.18 Å². The quantitative estimate of drug-likeness (QED) is 0.591. The predicted octanol–water partition coefficient (Wildman–Crippen LogP) is 4.87. The molecule has 6 nitrogen and oxygen atoms in total. The molecule has 138 valence electrons. The Morgan fingerprint density at radius 1 is 1.26 bits per heavy atom. The standard InChI is InChI=1S/C18H13Cl2FN4O2/c1-9(19)18(26)25-15-6-11-14(7-16(15)27-2)22-8-23-17(11)24-10-3-4-13(21)12(20)5-10/h3-8H,1H2,2H3,(H,25,26)(H,22,23,24). The van der Waals surface area contributed by atoms with Crippen LogP contribution in [0.1, 0.15) is 0 Å². The molecule has 27 heavy (non-hydrogen) atoms. The van der Waals surface area contributed by atoms with Crippen molar-refractivity contribution < 1.29 is 13.9 Å². The molecule has 0 aliphatic rings. The molecule has 1 heterocycles. The van der Waals surface area contributed by atoms with Gasteiger partial charge >= 0.3 is 0 Å². The molecule has 2 N–H and O–H groups in total. The van der Waals surface area contributed by atoms with Crippen LogP contribution in [-0.2, 0) is 4.79 Å². The maximum atomic E-state index is 13.4. The van der Waals surface area contributed by atoms with Gasteiger partial charge < -0.3 is 15.4 Å². The number of hydrogen-bond donors (Lipinski definition) is 2. The van der Waals surface area contributed by atoms with Crippen LogP contribution < -0.4 is 15.4 Å². The monoisotopic (exact) mass is 406 g/mol. The number of nitrogens with zero attached hydrogens (tertiary/aromatic N) is 2. The average Bonchev–Trinajstić information content (AvgIpc) is 2.64. The van der Waals surface area contributed by atoms with Crippen molar-refractivity contribution in [3.8, 4) is 5.75 Å². The summed E-state index contributed by atoms with van der Waals surface area (Å²) in [6.45, 7) is 3.39. The van der Waals surface area contributed by atoms with Crippen LogP contribution in [0.3, 0.4) is 0 Å². The Labute approximate surface area is 164 Å². The minimum absolute atomic E-state index is 0.0198. The first kappa shape index (κ1) is 18.9. The number of ether oxygens (including phenoxy) is 1. The van der Waals surface area contributed by atoms with Gasteiger partial charge in [0.15, 0.2) is 0 Å². The SMILES string of the molecule is C=C(Cl)C(=O)Nc1cc2c(Nc3ccc(F)c(Cl)c3)ncnc2cc1OC. The minimum atomic E-state index is -0.564. The summed E-state index contributed by atoms with van der Waals surface area (Å²) in [5, 5.41) is 6.07. The van der Waals surface area contributed by atoms with Gasteiger partial charge in [0.1, 0.15) is 23.7 Å². The normalized spacial score (nSPS) is 10.5. The van der Waals surface area contributed by atoms with Crippen molar-refractivity contribution in [3.63, 3.8) is 0 Å². The lowest BCUT2D eigenvalue weighted by atomic mass is 10.2. The number of rotatable bonds is 5. The maximum Gasteiger partial charge on any atom is 0.266 e. The fourth-order valence-corrected chi connectivity index (χ4v) is 2.58. The van der Waals surface area contributed by atoms with E-state index in [-0.39, 0.29) is 10.1 Å². The Kier molecular flexibility index (Phi) is 5.43. The molecule has 0 spiro atoms. The lowest BCUT2D eigenvalue weighted by molar-refractivity contribution is -0.112. The second-order valence-corrected chi connectivity index (χ2v) is 6.27.